The van der Waals surface area contributed by atoms with Gasteiger partial charge in [-0.25, -0.2) is 0 Å². The summed E-state index contributed by atoms with van der Waals surface area (Å²) in [5.41, 5.74) is 1.25. The number of nitrogens with one attached hydrogen (secondary N) is 2. The number of hydrogen-bond acceptors (Lipinski definition) is 6. The van der Waals surface area contributed by atoms with Crippen LogP contribution in [0.1, 0.15) is 47.9 Å². The number of carbonyl (C=O) groups is 4. The number of hydrogen-bond donors (Lipinski definition) is 2. The predicted octanol–water partition coefficient (Wildman–Crippen LogP) is 1.49. The van der Waals surface area contributed by atoms with Gasteiger partial charge in [0.25, 0.3) is 23.6 Å². The highest BCUT2D eigenvalue weighted by molar-refractivity contribution is 6.22. The van der Waals surface area contributed by atoms with Gasteiger partial charge >= 0.3 is 0 Å². The quantitative estimate of drug-likeness (QED) is 0.428. The van der Waals surface area contributed by atoms with Gasteiger partial charge in [-0.05, 0) is 48.9 Å². The zero-order valence-electron chi connectivity index (χ0n) is 18.0. The molecule has 0 unspecified atom stereocenters. The van der Waals surface area contributed by atoms with Crippen LogP contribution in [0.2, 0.25) is 0 Å². The van der Waals surface area contributed by atoms with Gasteiger partial charge in [0, 0.05) is 44.5 Å². The lowest BCUT2D eigenvalue weighted by Gasteiger charge is -2.12. The topological polar surface area (TPSA) is 114 Å². The molecule has 168 valence electrons. The van der Waals surface area contributed by atoms with Gasteiger partial charge in [0.05, 0.1) is 18.2 Å². The molecule has 1 aliphatic rings. The Balaban J connectivity index is 1.52. The molecule has 3 rings (SSSR count). The van der Waals surface area contributed by atoms with Crippen LogP contribution in [0.3, 0.4) is 0 Å². The lowest BCUT2D eigenvalue weighted by Crippen LogP contribution is -2.34. The number of nitrogens with zero attached hydrogens (tertiary/aromatic N) is 1. The second-order valence-corrected chi connectivity index (χ2v) is 7.11. The molecule has 1 heterocycles. The normalized spacial score (nSPS) is 12.5. The van der Waals surface area contributed by atoms with E-state index in [1.807, 2.05) is 0 Å². The van der Waals surface area contributed by atoms with E-state index in [1.54, 1.807) is 38.5 Å². The fraction of sp³-hybridized carbons (Fsp3) is 0.304. The minimum absolute atomic E-state index is 0.202. The Morgan fingerprint density at radius 2 is 1.44 bits per heavy atom. The van der Waals surface area contributed by atoms with Gasteiger partial charge in [0.2, 0.25) is 0 Å². The van der Waals surface area contributed by atoms with E-state index in [0.29, 0.717) is 24.3 Å². The van der Waals surface area contributed by atoms with E-state index < -0.39 is 11.8 Å². The van der Waals surface area contributed by atoms with Crippen LogP contribution in [-0.2, 0) is 4.74 Å². The molecular formula is C23H25N3O6. The van der Waals surface area contributed by atoms with Crippen LogP contribution in [-0.4, -0.2) is 69.0 Å². The largest absolute Gasteiger partial charge is 0.497 e. The van der Waals surface area contributed by atoms with Crippen molar-refractivity contribution < 1.29 is 28.7 Å². The molecule has 0 bridgehead atoms. The number of amides is 4. The van der Waals surface area contributed by atoms with Crippen LogP contribution in [0.15, 0.2) is 42.5 Å². The van der Waals surface area contributed by atoms with Crippen molar-refractivity contribution in [3.63, 3.8) is 0 Å². The van der Waals surface area contributed by atoms with E-state index in [1.165, 1.54) is 23.1 Å². The van der Waals surface area contributed by atoms with Crippen LogP contribution in [0.4, 0.5) is 0 Å². The molecule has 2 aromatic rings. The van der Waals surface area contributed by atoms with Crippen molar-refractivity contribution in [1.29, 1.82) is 0 Å². The van der Waals surface area contributed by atoms with Crippen molar-refractivity contribution in [2.45, 2.75) is 6.42 Å². The summed E-state index contributed by atoms with van der Waals surface area (Å²) in [6.45, 7) is 1.13. The van der Waals surface area contributed by atoms with Gasteiger partial charge in [-0.15, -0.1) is 0 Å². The standard InChI is InChI=1S/C23H25N3O6/c1-31-13-3-12-26-22(29)18-9-6-16(14-19(18)23(26)30)21(28)25-11-10-24-20(27)15-4-7-17(32-2)8-5-15/h4-9,14H,3,10-13H2,1-2H3,(H,24,27)(H,25,28). The highest BCUT2D eigenvalue weighted by Gasteiger charge is 2.35. The first-order chi connectivity index (χ1) is 15.5. The Hall–Kier alpha value is -3.72. The maximum absolute atomic E-state index is 12.6. The second kappa shape index (κ2) is 10.5. The molecule has 2 aromatic carbocycles. The van der Waals surface area contributed by atoms with E-state index in [4.69, 9.17) is 9.47 Å². The molecule has 0 fully saturated rings. The Kier molecular flexibility index (Phi) is 7.56. The molecule has 2 N–H and O–H groups in total. The Morgan fingerprint density at radius 1 is 0.844 bits per heavy atom. The third kappa shape index (κ3) is 5.12. The smallest absolute Gasteiger partial charge is 0.261 e. The van der Waals surface area contributed by atoms with Gasteiger partial charge in [0.1, 0.15) is 5.75 Å². The summed E-state index contributed by atoms with van der Waals surface area (Å²) < 4.78 is 10.0. The van der Waals surface area contributed by atoms with Crippen molar-refractivity contribution in [1.82, 2.24) is 15.5 Å². The van der Waals surface area contributed by atoms with Gasteiger partial charge in [-0.3, -0.25) is 24.1 Å². The summed E-state index contributed by atoms with van der Waals surface area (Å²) in [5.74, 6) is -0.792. The summed E-state index contributed by atoms with van der Waals surface area (Å²) in [5, 5.41) is 5.41. The molecule has 32 heavy (non-hydrogen) atoms. The molecular weight excluding hydrogens is 414 g/mol. The lowest BCUT2D eigenvalue weighted by molar-refractivity contribution is 0.0638. The van der Waals surface area contributed by atoms with E-state index in [-0.39, 0.29) is 48.1 Å². The fourth-order valence-electron chi connectivity index (χ4n) is 3.30. The van der Waals surface area contributed by atoms with E-state index >= 15 is 0 Å². The Morgan fingerprint density at radius 3 is 2.06 bits per heavy atom. The molecule has 0 saturated heterocycles. The zero-order valence-corrected chi connectivity index (χ0v) is 18.0. The average molecular weight is 439 g/mol. The van der Waals surface area contributed by atoms with Gasteiger partial charge < -0.3 is 20.1 Å². The van der Waals surface area contributed by atoms with Crippen LogP contribution < -0.4 is 15.4 Å². The van der Waals surface area contributed by atoms with Crippen molar-refractivity contribution in [3.05, 3.63) is 64.7 Å². The molecule has 0 saturated carbocycles. The number of carbonyl (C=O) groups excluding carboxylic acids is 4. The summed E-state index contributed by atoms with van der Waals surface area (Å²) in [7, 11) is 3.10. The van der Waals surface area contributed by atoms with Crippen molar-refractivity contribution in [3.8, 4) is 5.75 Å². The number of benzene rings is 2. The highest BCUT2D eigenvalue weighted by atomic mass is 16.5. The molecule has 0 aliphatic carbocycles. The van der Waals surface area contributed by atoms with Crippen LogP contribution in [0, 0.1) is 0 Å². The summed E-state index contributed by atoms with van der Waals surface area (Å²) in [6, 6.07) is 11.1. The monoisotopic (exact) mass is 439 g/mol. The SMILES string of the molecule is COCCCN1C(=O)c2ccc(C(=O)NCCNC(=O)c3ccc(OC)cc3)cc2C1=O. The van der Waals surface area contributed by atoms with Crippen LogP contribution in [0.25, 0.3) is 0 Å². The predicted molar refractivity (Wildman–Crippen MR) is 116 cm³/mol. The minimum atomic E-state index is -0.414. The lowest BCUT2D eigenvalue weighted by atomic mass is 10.1. The van der Waals surface area contributed by atoms with Crippen molar-refractivity contribution >= 4 is 23.6 Å². The molecule has 1 aliphatic heterocycles. The van der Waals surface area contributed by atoms with E-state index in [9.17, 15) is 19.2 Å². The molecule has 0 spiro atoms. The second-order valence-electron chi connectivity index (χ2n) is 7.11. The first-order valence-electron chi connectivity index (χ1n) is 10.2. The average Bonchev–Trinajstić information content (AvgIpc) is 3.06. The fourth-order valence-corrected chi connectivity index (χ4v) is 3.30. The maximum atomic E-state index is 12.6. The van der Waals surface area contributed by atoms with E-state index in [2.05, 4.69) is 10.6 Å². The minimum Gasteiger partial charge on any atom is -0.497 e. The van der Waals surface area contributed by atoms with Crippen molar-refractivity contribution in [2.24, 2.45) is 0 Å². The van der Waals surface area contributed by atoms with Gasteiger partial charge in [-0.2, -0.15) is 0 Å². The van der Waals surface area contributed by atoms with Crippen LogP contribution >= 0.6 is 0 Å². The molecule has 9 nitrogen and oxygen atoms in total. The molecule has 4 amide bonds. The Labute approximate surface area is 185 Å². The molecule has 0 aromatic heterocycles. The summed E-state index contributed by atoms with van der Waals surface area (Å²) in [6.07, 6.45) is 0.539. The third-order valence-electron chi connectivity index (χ3n) is 5.01. The number of fused-ring (bicyclic) bond motifs is 1. The van der Waals surface area contributed by atoms with Crippen LogP contribution in [0.5, 0.6) is 5.75 Å². The number of methoxy groups -OCH3 is 2. The summed E-state index contributed by atoms with van der Waals surface area (Å²) in [4.78, 5) is 50.7. The maximum Gasteiger partial charge on any atom is 0.261 e. The number of imide groups is 1. The first kappa shape index (κ1) is 23.0. The summed E-state index contributed by atoms with van der Waals surface area (Å²) >= 11 is 0. The zero-order chi connectivity index (χ0) is 23.1. The van der Waals surface area contributed by atoms with Gasteiger partial charge in [-0.1, -0.05) is 0 Å². The molecule has 0 radical (unpaired) electrons. The third-order valence-corrected chi connectivity index (χ3v) is 5.01. The first-order valence-corrected chi connectivity index (χ1v) is 10.2. The highest BCUT2D eigenvalue weighted by Crippen LogP contribution is 2.24. The number of rotatable bonds is 10. The number of ether oxygens (including phenoxy) is 2. The Bertz CT molecular complexity index is 1020. The van der Waals surface area contributed by atoms with Crippen molar-refractivity contribution in [2.75, 3.05) is 40.5 Å². The van der Waals surface area contributed by atoms with Gasteiger partial charge in [0.15, 0.2) is 0 Å². The van der Waals surface area contributed by atoms with E-state index in [0.717, 1.165) is 0 Å². The molecule has 9 heteroatoms. The molecule has 0 atom stereocenters.